The number of nitro groups is 1. The molecule has 0 saturated carbocycles. The van der Waals surface area contributed by atoms with E-state index in [-0.39, 0.29) is 16.7 Å². The number of hydrogen-bond acceptors (Lipinski definition) is 5. The normalized spacial score (nSPS) is 11.8. The van der Waals surface area contributed by atoms with Gasteiger partial charge in [-0.25, -0.2) is 0 Å². The molecule has 1 unspecified atom stereocenters. The highest BCUT2D eigenvalue weighted by Gasteiger charge is 2.20. The van der Waals surface area contributed by atoms with Gasteiger partial charge in [-0.1, -0.05) is 29.8 Å². The zero-order chi connectivity index (χ0) is 18.1. The first-order valence-electron chi connectivity index (χ1n) is 6.93. The molecule has 1 aromatic rings. The van der Waals surface area contributed by atoms with Crippen molar-refractivity contribution in [1.29, 1.82) is 0 Å². The van der Waals surface area contributed by atoms with Gasteiger partial charge in [0.2, 0.25) is 0 Å². The first-order chi connectivity index (χ1) is 11.4. The van der Waals surface area contributed by atoms with Crippen LogP contribution in [0, 0.1) is 22.5 Å². The molecule has 1 atom stereocenters. The van der Waals surface area contributed by atoms with Crippen LogP contribution in [0.1, 0.15) is 6.92 Å². The van der Waals surface area contributed by atoms with Crippen LogP contribution >= 0.6 is 23.4 Å². The van der Waals surface area contributed by atoms with Gasteiger partial charge in [-0.2, -0.15) is 0 Å². The number of benzene rings is 1. The van der Waals surface area contributed by atoms with E-state index in [4.69, 9.17) is 22.8 Å². The van der Waals surface area contributed by atoms with Gasteiger partial charge in [0.1, 0.15) is 0 Å². The van der Waals surface area contributed by atoms with Crippen molar-refractivity contribution < 1.29 is 14.5 Å². The van der Waals surface area contributed by atoms with Crippen LogP contribution in [0.5, 0.6) is 5.75 Å². The van der Waals surface area contributed by atoms with Crippen molar-refractivity contribution in [1.82, 2.24) is 0 Å². The maximum absolute atomic E-state index is 12.1. The Morgan fingerprint density at radius 2 is 2.29 bits per heavy atom. The largest absolute Gasteiger partial charge is 0.471 e. The number of halogens is 1. The molecule has 1 aromatic carbocycles. The molecule has 0 aromatic heterocycles. The van der Waals surface area contributed by atoms with Crippen molar-refractivity contribution in [2.45, 2.75) is 13.0 Å². The van der Waals surface area contributed by atoms with Crippen LogP contribution in [-0.4, -0.2) is 34.9 Å². The zero-order valence-electron chi connectivity index (χ0n) is 13.3. The minimum absolute atomic E-state index is 0.0627. The molecule has 1 amide bonds. The number of allylic oxidation sites excluding steroid dienone is 1. The SMILES string of the molecule is C#CC(C)Oc1ccc(N(C)C(=O)SCC=CCCl)cc1[N+](=O)[O-]. The van der Waals surface area contributed by atoms with E-state index in [1.54, 1.807) is 32.2 Å². The summed E-state index contributed by atoms with van der Waals surface area (Å²) in [7, 11) is 1.55. The van der Waals surface area contributed by atoms with Crippen LogP contribution in [0.2, 0.25) is 0 Å². The summed E-state index contributed by atoms with van der Waals surface area (Å²) in [4.78, 5) is 24.1. The predicted molar refractivity (Wildman–Crippen MR) is 98.1 cm³/mol. The van der Waals surface area contributed by atoms with Crippen molar-refractivity contribution in [3.05, 3.63) is 40.5 Å². The lowest BCUT2D eigenvalue weighted by molar-refractivity contribution is -0.385. The molecule has 0 spiro atoms. The van der Waals surface area contributed by atoms with Gasteiger partial charge < -0.3 is 9.64 Å². The van der Waals surface area contributed by atoms with E-state index in [1.807, 2.05) is 0 Å². The number of carbonyl (C=O) groups is 1. The van der Waals surface area contributed by atoms with Crippen molar-refractivity contribution in [2.75, 3.05) is 23.6 Å². The number of alkyl halides is 1. The third kappa shape index (κ3) is 5.80. The number of ether oxygens (including phenoxy) is 1. The molecule has 128 valence electrons. The summed E-state index contributed by atoms with van der Waals surface area (Å²) < 4.78 is 5.33. The molecule has 0 radical (unpaired) electrons. The molecule has 0 aliphatic heterocycles. The van der Waals surface area contributed by atoms with Gasteiger partial charge in [0.25, 0.3) is 5.24 Å². The van der Waals surface area contributed by atoms with E-state index in [0.29, 0.717) is 17.3 Å². The second-order valence-electron chi connectivity index (χ2n) is 4.60. The molecule has 0 N–H and O–H groups in total. The summed E-state index contributed by atoms with van der Waals surface area (Å²) in [6, 6.07) is 4.29. The quantitative estimate of drug-likeness (QED) is 0.238. The topological polar surface area (TPSA) is 72.7 Å². The van der Waals surface area contributed by atoms with Crippen molar-refractivity contribution in [3.63, 3.8) is 0 Å². The fraction of sp³-hybridized carbons (Fsp3) is 0.312. The number of carbonyl (C=O) groups excluding carboxylic acids is 1. The fourth-order valence-electron chi connectivity index (χ4n) is 1.63. The van der Waals surface area contributed by atoms with E-state index < -0.39 is 11.0 Å². The van der Waals surface area contributed by atoms with Crippen LogP contribution in [0.4, 0.5) is 16.2 Å². The van der Waals surface area contributed by atoms with Gasteiger partial charge in [-0.3, -0.25) is 14.9 Å². The van der Waals surface area contributed by atoms with Crippen LogP contribution in [-0.2, 0) is 0 Å². The van der Waals surface area contributed by atoms with E-state index in [1.165, 1.54) is 17.0 Å². The monoisotopic (exact) mass is 368 g/mol. The Hall–Kier alpha value is -2.17. The molecule has 0 bridgehead atoms. The Bertz CT molecular complexity index is 673. The van der Waals surface area contributed by atoms with Crippen molar-refractivity contribution in [3.8, 4) is 18.1 Å². The Balaban J connectivity index is 2.94. The van der Waals surface area contributed by atoms with Gasteiger partial charge in [-0.05, 0) is 19.1 Å². The summed E-state index contributed by atoms with van der Waals surface area (Å²) in [5.74, 6) is 3.26. The summed E-state index contributed by atoms with van der Waals surface area (Å²) in [6.45, 7) is 1.61. The number of anilines is 1. The average Bonchev–Trinajstić information content (AvgIpc) is 2.57. The predicted octanol–water partition coefficient (Wildman–Crippen LogP) is 4.08. The van der Waals surface area contributed by atoms with Gasteiger partial charge in [0, 0.05) is 24.7 Å². The van der Waals surface area contributed by atoms with Crippen molar-refractivity contribution >= 4 is 40.0 Å². The van der Waals surface area contributed by atoms with Gasteiger partial charge in [0.15, 0.2) is 11.9 Å². The maximum Gasteiger partial charge on any atom is 0.313 e. The fourth-order valence-corrected chi connectivity index (χ4v) is 2.43. The first-order valence-corrected chi connectivity index (χ1v) is 8.45. The second-order valence-corrected chi connectivity index (χ2v) is 5.88. The van der Waals surface area contributed by atoms with Crippen molar-refractivity contribution in [2.24, 2.45) is 0 Å². The number of nitrogens with zero attached hydrogens (tertiary/aromatic N) is 2. The smallest absolute Gasteiger partial charge is 0.313 e. The highest BCUT2D eigenvalue weighted by atomic mass is 35.5. The molecule has 0 saturated heterocycles. The number of hydrogen-bond donors (Lipinski definition) is 0. The molecule has 0 heterocycles. The van der Waals surface area contributed by atoms with Crippen LogP contribution in [0.3, 0.4) is 0 Å². The molecule has 0 aliphatic rings. The highest BCUT2D eigenvalue weighted by molar-refractivity contribution is 8.14. The number of nitro benzene ring substituents is 1. The molecular weight excluding hydrogens is 352 g/mol. The molecule has 6 nitrogen and oxygen atoms in total. The van der Waals surface area contributed by atoms with Crippen LogP contribution < -0.4 is 9.64 Å². The Labute approximate surface area is 150 Å². The first kappa shape index (κ1) is 19.9. The molecular formula is C16H17ClN2O4S. The lowest BCUT2D eigenvalue weighted by atomic mass is 10.2. The Morgan fingerprint density at radius 3 is 2.88 bits per heavy atom. The second kappa shape index (κ2) is 9.85. The van der Waals surface area contributed by atoms with Gasteiger partial charge in [0.05, 0.1) is 10.6 Å². The minimum Gasteiger partial charge on any atom is -0.471 e. The molecule has 0 fully saturated rings. The lowest BCUT2D eigenvalue weighted by Gasteiger charge is -2.17. The van der Waals surface area contributed by atoms with E-state index in [9.17, 15) is 14.9 Å². The summed E-state index contributed by atoms with van der Waals surface area (Å²) in [5, 5.41) is 11.0. The average molecular weight is 369 g/mol. The molecule has 1 rings (SSSR count). The third-order valence-corrected chi connectivity index (χ3v) is 3.96. The zero-order valence-corrected chi connectivity index (χ0v) is 14.8. The summed E-state index contributed by atoms with van der Waals surface area (Å²) in [6.07, 6.45) is 8.14. The van der Waals surface area contributed by atoms with Crippen LogP contribution in [0.25, 0.3) is 0 Å². The number of thioether (sulfide) groups is 1. The number of amides is 1. The number of terminal acetylenes is 1. The minimum atomic E-state index is -0.599. The number of rotatable bonds is 7. The Kier molecular flexibility index (Phi) is 8.16. The van der Waals surface area contributed by atoms with Crippen LogP contribution in [0.15, 0.2) is 30.4 Å². The molecule has 24 heavy (non-hydrogen) atoms. The van der Waals surface area contributed by atoms with Gasteiger partial charge in [-0.15, -0.1) is 18.0 Å². The van der Waals surface area contributed by atoms with E-state index >= 15 is 0 Å². The van der Waals surface area contributed by atoms with Gasteiger partial charge >= 0.3 is 5.69 Å². The van der Waals surface area contributed by atoms with E-state index in [0.717, 1.165) is 11.8 Å². The lowest BCUT2D eigenvalue weighted by Crippen LogP contribution is -2.22. The maximum atomic E-state index is 12.1. The summed E-state index contributed by atoms with van der Waals surface area (Å²) >= 11 is 6.57. The Morgan fingerprint density at radius 1 is 1.58 bits per heavy atom. The standard InChI is InChI=1S/C16H17ClN2O4S/c1-4-12(2)23-15-8-7-13(11-14(15)19(21)22)18(3)16(20)24-10-6-5-9-17/h1,5-8,11-12H,9-10H2,2-3H3. The molecule has 8 heteroatoms. The van der Waals surface area contributed by atoms with E-state index in [2.05, 4.69) is 5.92 Å². The highest BCUT2D eigenvalue weighted by Crippen LogP contribution is 2.32. The summed E-state index contributed by atoms with van der Waals surface area (Å²) in [5.41, 5.74) is 0.141. The third-order valence-electron chi connectivity index (χ3n) is 2.90. The molecule has 0 aliphatic carbocycles.